The van der Waals surface area contributed by atoms with E-state index in [9.17, 15) is 0 Å². The van der Waals surface area contributed by atoms with E-state index < -0.39 is 0 Å². The van der Waals surface area contributed by atoms with E-state index in [2.05, 4.69) is 57.7 Å². The highest BCUT2D eigenvalue weighted by molar-refractivity contribution is 8.01. The summed E-state index contributed by atoms with van der Waals surface area (Å²) in [5, 5.41) is 0. The SMILES string of the molecule is CCc1cccc2c1[C@H]1C(C)(C)CCC[C@@]1(C)S2. The largest absolute Gasteiger partial charge is 0.119 e. The Morgan fingerprint density at radius 2 is 2.00 bits per heavy atom. The quantitative estimate of drug-likeness (QED) is 0.651. The van der Waals surface area contributed by atoms with Crippen molar-refractivity contribution in [3.8, 4) is 0 Å². The van der Waals surface area contributed by atoms with Crippen LogP contribution >= 0.6 is 11.8 Å². The zero-order valence-electron chi connectivity index (χ0n) is 12.0. The molecule has 0 bridgehead atoms. The molecular formula is C17H24S. The van der Waals surface area contributed by atoms with Gasteiger partial charge < -0.3 is 0 Å². The van der Waals surface area contributed by atoms with Crippen molar-refractivity contribution in [1.29, 1.82) is 0 Å². The molecule has 0 amide bonds. The van der Waals surface area contributed by atoms with E-state index >= 15 is 0 Å². The van der Waals surface area contributed by atoms with Crippen molar-refractivity contribution in [3.05, 3.63) is 29.3 Å². The van der Waals surface area contributed by atoms with E-state index in [1.54, 1.807) is 16.0 Å². The average Bonchev–Trinajstić information content (AvgIpc) is 2.61. The molecule has 0 saturated heterocycles. The fourth-order valence-corrected chi connectivity index (χ4v) is 6.19. The van der Waals surface area contributed by atoms with Crippen LogP contribution in [0.2, 0.25) is 0 Å². The maximum absolute atomic E-state index is 2.50. The van der Waals surface area contributed by atoms with Crippen LogP contribution in [0, 0.1) is 5.41 Å². The first-order valence-electron chi connectivity index (χ1n) is 7.29. The first-order valence-corrected chi connectivity index (χ1v) is 8.10. The van der Waals surface area contributed by atoms with Crippen molar-refractivity contribution in [2.45, 2.75) is 68.9 Å². The van der Waals surface area contributed by atoms with Gasteiger partial charge in [-0.2, -0.15) is 0 Å². The summed E-state index contributed by atoms with van der Waals surface area (Å²) < 4.78 is 0.440. The number of thioether (sulfide) groups is 1. The van der Waals surface area contributed by atoms with Gasteiger partial charge in [-0.05, 0) is 48.8 Å². The van der Waals surface area contributed by atoms with Crippen LogP contribution in [0.1, 0.15) is 64.0 Å². The number of fused-ring (bicyclic) bond motifs is 3. The highest BCUT2D eigenvalue weighted by atomic mass is 32.2. The van der Waals surface area contributed by atoms with Gasteiger partial charge in [0.2, 0.25) is 0 Å². The summed E-state index contributed by atoms with van der Waals surface area (Å²) >= 11 is 2.15. The van der Waals surface area contributed by atoms with Crippen LogP contribution in [-0.4, -0.2) is 4.75 Å². The molecule has 0 spiro atoms. The number of rotatable bonds is 1. The van der Waals surface area contributed by atoms with Crippen molar-refractivity contribution >= 4 is 11.8 Å². The third kappa shape index (κ3) is 1.66. The van der Waals surface area contributed by atoms with E-state index in [0.717, 1.165) is 5.92 Å². The molecule has 1 fully saturated rings. The van der Waals surface area contributed by atoms with Crippen LogP contribution in [-0.2, 0) is 6.42 Å². The molecule has 2 aliphatic rings. The molecule has 1 aromatic carbocycles. The number of benzene rings is 1. The van der Waals surface area contributed by atoms with Crippen LogP contribution in [0.3, 0.4) is 0 Å². The minimum atomic E-state index is 0.440. The summed E-state index contributed by atoms with van der Waals surface area (Å²) in [6.45, 7) is 9.77. The normalized spacial score (nSPS) is 33.0. The number of hydrogen-bond acceptors (Lipinski definition) is 1. The van der Waals surface area contributed by atoms with Gasteiger partial charge in [0.1, 0.15) is 0 Å². The molecule has 18 heavy (non-hydrogen) atoms. The van der Waals surface area contributed by atoms with Gasteiger partial charge in [0, 0.05) is 15.6 Å². The molecule has 0 unspecified atom stereocenters. The Morgan fingerprint density at radius 1 is 1.22 bits per heavy atom. The second kappa shape index (κ2) is 4.03. The number of hydrogen-bond donors (Lipinski definition) is 0. The highest BCUT2D eigenvalue weighted by Gasteiger charge is 2.53. The van der Waals surface area contributed by atoms with Crippen molar-refractivity contribution in [2.75, 3.05) is 0 Å². The maximum Gasteiger partial charge on any atom is 0.0253 e. The maximum atomic E-state index is 2.50. The van der Waals surface area contributed by atoms with Crippen LogP contribution < -0.4 is 0 Å². The molecule has 0 radical (unpaired) electrons. The molecule has 1 aliphatic heterocycles. The predicted molar refractivity (Wildman–Crippen MR) is 80.5 cm³/mol. The van der Waals surface area contributed by atoms with Crippen LogP contribution in [0.5, 0.6) is 0 Å². The first-order chi connectivity index (χ1) is 8.48. The standard InChI is InChI=1S/C17H24S/c1-5-12-8-6-9-13-14(12)15-16(2,3)10-7-11-17(15,4)18-13/h6,8-9,15H,5,7,10-11H2,1-4H3/t15-,17+/m0/s1. The van der Waals surface area contributed by atoms with Gasteiger partial charge in [0.25, 0.3) is 0 Å². The third-order valence-corrected chi connectivity index (χ3v) is 6.54. The summed E-state index contributed by atoms with van der Waals surface area (Å²) in [5.74, 6) is 0.745. The Labute approximate surface area is 116 Å². The van der Waals surface area contributed by atoms with Crippen molar-refractivity contribution in [3.63, 3.8) is 0 Å². The van der Waals surface area contributed by atoms with Gasteiger partial charge in [0.15, 0.2) is 0 Å². The molecular weight excluding hydrogens is 236 g/mol. The Balaban J connectivity index is 2.18. The zero-order chi connectivity index (χ0) is 13.0. The summed E-state index contributed by atoms with van der Waals surface area (Å²) in [6, 6.07) is 6.94. The second-order valence-corrected chi connectivity index (χ2v) is 8.45. The molecule has 3 rings (SSSR count). The fraction of sp³-hybridized carbons (Fsp3) is 0.647. The smallest absolute Gasteiger partial charge is 0.0253 e. The minimum Gasteiger partial charge on any atom is -0.119 e. The molecule has 1 aromatic rings. The molecule has 1 heterocycles. The topological polar surface area (TPSA) is 0 Å². The minimum absolute atomic E-state index is 0.440. The molecule has 98 valence electrons. The summed E-state index contributed by atoms with van der Waals surface area (Å²) in [4.78, 5) is 1.57. The Morgan fingerprint density at radius 3 is 2.72 bits per heavy atom. The molecule has 0 aromatic heterocycles. The van der Waals surface area contributed by atoms with E-state index in [1.165, 1.54) is 25.7 Å². The van der Waals surface area contributed by atoms with Crippen molar-refractivity contribution in [1.82, 2.24) is 0 Å². The lowest BCUT2D eigenvalue weighted by Crippen LogP contribution is -2.40. The second-order valence-electron chi connectivity index (χ2n) is 6.87. The third-order valence-electron chi connectivity index (χ3n) is 5.06. The molecule has 1 aliphatic carbocycles. The van der Waals surface area contributed by atoms with E-state index in [-0.39, 0.29) is 0 Å². The van der Waals surface area contributed by atoms with Crippen LogP contribution in [0.15, 0.2) is 23.1 Å². The molecule has 1 heteroatoms. The van der Waals surface area contributed by atoms with Crippen molar-refractivity contribution < 1.29 is 0 Å². The lowest BCUT2D eigenvalue weighted by Gasteiger charge is -2.47. The lowest BCUT2D eigenvalue weighted by molar-refractivity contribution is 0.168. The van der Waals surface area contributed by atoms with Crippen LogP contribution in [0.4, 0.5) is 0 Å². The Hall–Kier alpha value is -0.430. The molecule has 2 atom stereocenters. The molecule has 1 saturated carbocycles. The monoisotopic (exact) mass is 260 g/mol. The summed E-state index contributed by atoms with van der Waals surface area (Å²) in [5.41, 5.74) is 3.73. The van der Waals surface area contributed by atoms with Gasteiger partial charge in [-0.3, -0.25) is 0 Å². The number of aryl methyl sites for hydroxylation is 1. The zero-order valence-corrected chi connectivity index (χ0v) is 12.9. The molecule has 0 N–H and O–H groups in total. The highest BCUT2D eigenvalue weighted by Crippen LogP contribution is 2.65. The lowest BCUT2D eigenvalue weighted by atomic mass is 9.61. The van der Waals surface area contributed by atoms with Gasteiger partial charge in [-0.1, -0.05) is 39.3 Å². The average molecular weight is 260 g/mol. The predicted octanol–water partition coefficient (Wildman–Crippen LogP) is 5.41. The van der Waals surface area contributed by atoms with E-state index in [4.69, 9.17) is 0 Å². The van der Waals surface area contributed by atoms with Gasteiger partial charge in [0.05, 0.1) is 0 Å². The van der Waals surface area contributed by atoms with Crippen LogP contribution in [0.25, 0.3) is 0 Å². The molecule has 0 nitrogen and oxygen atoms in total. The first kappa shape index (κ1) is 12.6. The Bertz CT molecular complexity index is 474. The van der Waals surface area contributed by atoms with E-state index in [0.29, 0.717) is 10.2 Å². The van der Waals surface area contributed by atoms with Crippen molar-refractivity contribution in [2.24, 2.45) is 5.41 Å². The van der Waals surface area contributed by atoms with Gasteiger partial charge in [-0.15, -0.1) is 11.8 Å². The fourth-order valence-electron chi connectivity index (χ4n) is 4.38. The van der Waals surface area contributed by atoms with E-state index in [1.807, 2.05) is 0 Å². The summed E-state index contributed by atoms with van der Waals surface area (Å²) in [6.07, 6.45) is 5.32. The van der Waals surface area contributed by atoms with Gasteiger partial charge in [-0.25, -0.2) is 0 Å². The van der Waals surface area contributed by atoms with Gasteiger partial charge >= 0.3 is 0 Å². The summed E-state index contributed by atoms with van der Waals surface area (Å²) in [7, 11) is 0. The Kier molecular flexibility index (Phi) is 2.82.